The third-order valence-electron chi connectivity index (χ3n) is 8.88. The van der Waals surface area contributed by atoms with Gasteiger partial charge >= 0.3 is 0 Å². The van der Waals surface area contributed by atoms with Crippen molar-refractivity contribution in [2.45, 2.75) is 83.3 Å². The van der Waals surface area contributed by atoms with Gasteiger partial charge in [0, 0.05) is 41.7 Å². The zero-order chi connectivity index (χ0) is 32.0. The predicted octanol–water partition coefficient (Wildman–Crippen LogP) is 6.09. The van der Waals surface area contributed by atoms with Gasteiger partial charge in [0.2, 0.25) is 5.91 Å². The number of amides is 1. The summed E-state index contributed by atoms with van der Waals surface area (Å²) in [5.74, 6) is 2.57. The summed E-state index contributed by atoms with van der Waals surface area (Å²) in [5, 5.41) is 19.0. The molecule has 0 saturated carbocycles. The minimum absolute atomic E-state index is 0.0451. The van der Waals surface area contributed by atoms with Crippen molar-refractivity contribution in [3.05, 3.63) is 72.8 Å². The summed E-state index contributed by atoms with van der Waals surface area (Å²) < 4.78 is 17.0. The van der Waals surface area contributed by atoms with Crippen LogP contribution < -0.4 is 35.4 Å². The predicted molar refractivity (Wildman–Crippen MR) is 181 cm³/mol. The van der Waals surface area contributed by atoms with Crippen molar-refractivity contribution in [3.8, 4) is 17.2 Å². The number of rotatable bonds is 13. The number of methoxy groups -OCH3 is 3. The molecule has 3 aromatic carbocycles. The molecule has 0 bridgehead atoms. The Hall–Kier alpha value is -3.12. The van der Waals surface area contributed by atoms with Crippen LogP contribution in [-0.2, 0) is 4.79 Å². The fraction of sp³-hybridized carbons (Fsp3) is 0.472. The van der Waals surface area contributed by atoms with Crippen molar-refractivity contribution >= 4 is 29.1 Å². The number of carbonyl (C=O) groups excluding carboxylic acids is 1. The highest BCUT2D eigenvalue weighted by molar-refractivity contribution is 7.95. The van der Waals surface area contributed by atoms with Crippen LogP contribution in [0.25, 0.3) is 0 Å². The third kappa shape index (κ3) is 7.56. The Bertz CT molecular complexity index is 1270. The smallest absolute Gasteiger partial charge is 0.220 e. The minimum Gasteiger partial charge on any atom is -0.497 e. The Labute approximate surface area is 264 Å². The average molecular weight is 622 g/mol. The first-order valence-corrected chi connectivity index (χ1v) is 17.5. The van der Waals surface area contributed by atoms with Gasteiger partial charge in [0.15, 0.2) is 0 Å². The van der Waals surface area contributed by atoms with Gasteiger partial charge in [-0.2, -0.15) is 5.06 Å². The van der Waals surface area contributed by atoms with Gasteiger partial charge < -0.3 is 24.7 Å². The number of piperidine rings is 1. The first kappa shape index (κ1) is 33.8. The van der Waals surface area contributed by atoms with Crippen LogP contribution in [0.3, 0.4) is 0 Å². The molecular formula is C36H50N2O5P+. The number of nitrogens with one attached hydrogen (secondary N) is 1. The van der Waals surface area contributed by atoms with E-state index < -0.39 is 18.3 Å². The number of unbranched alkanes of at least 4 members (excludes halogenated alkanes) is 2. The van der Waals surface area contributed by atoms with Crippen molar-refractivity contribution in [3.63, 3.8) is 0 Å². The lowest BCUT2D eigenvalue weighted by atomic mass is 9.79. The van der Waals surface area contributed by atoms with Crippen LogP contribution >= 0.6 is 7.26 Å². The van der Waals surface area contributed by atoms with Crippen LogP contribution in [0.4, 0.5) is 0 Å². The molecule has 1 heterocycles. The van der Waals surface area contributed by atoms with Crippen LogP contribution in [-0.4, -0.2) is 60.8 Å². The summed E-state index contributed by atoms with van der Waals surface area (Å²) in [6.07, 6.45) is 5.55. The van der Waals surface area contributed by atoms with E-state index in [-0.39, 0.29) is 11.9 Å². The van der Waals surface area contributed by atoms with E-state index in [1.165, 1.54) is 21.0 Å². The Morgan fingerprint density at radius 2 is 1.20 bits per heavy atom. The second-order valence-corrected chi connectivity index (χ2v) is 16.7. The van der Waals surface area contributed by atoms with E-state index in [0.29, 0.717) is 19.3 Å². The minimum atomic E-state index is -2.17. The quantitative estimate of drug-likeness (QED) is 0.178. The maximum Gasteiger partial charge on any atom is 0.220 e. The van der Waals surface area contributed by atoms with Crippen LogP contribution in [0.1, 0.15) is 66.2 Å². The molecule has 0 spiro atoms. The topological polar surface area (TPSA) is 80.3 Å². The van der Waals surface area contributed by atoms with Crippen molar-refractivity contribution < 1.29 is 24.2 Å². The summed E-state index contributed by atoms with van der Waals surface area (Å²) in [4.78, 5) is 13.0. The van der Waals surface area contributed by atoms with Crippen molar-refractivity contribution in [2.24, 2.45) is 0 Å². The maximum atomic E-state index is 13.0. The van der Waals surface area contributed by atoms with Crippen LogP contribution in [0.15, 0.2) is 72.8 Å². The number of hydrogen-bond donors (Lipinski definition) is 2. The second-order valence-electron chi connectivity index (χ2n) is 13.1. The Morgan fingerprint density at radius 1 is 0.773 bits per heavy atom. The molecule has 44 heavy (non-hydrogen) atoms. The lowest BCUT2D eigenvalue weighted by Gasteiger charge is -2.51. The summed E-state index contributed by atoms with van der Waals surface area (Å²) in [7, 11) is 2.94. The highest BCUT2D eigenvalue weighted by atomic mass is 31.2. The van der Waals surface area contributed by atoms with Crippen LogP contribution in [0, 0.1) is 0 Å². The van der Waals surface area contributed by atoms with Crippen LogP contribution in [0.5, 0.6) is 17.2 Å². The van der Waals surface area contributed by atoms with Gasteiger partial charge in [-0.1, -0.05) is 18.2 Å². The Kier molecular flexibility index (Phi) is 11.0. The van der Waals surface area contributed by atoms with Crippen molar-refractivity contribution in [1.29, 1.82) is 0 Å². The van der Waals surface area contributed by atoms with Gasteiger partial charge in [-0.25, -0.2) is 0 Å². The Morgan fingerprint density at radius 3 is 1.61 bits per heavy atom. The number of hydroxylamine groups is 2. The molecule has 0 atom stereocenters. The third-order valence-corrected chi connectivity index (χ3v) is 13.3. The van der Waals surface area contributed by atoms with E-state index in [9.17, 15) is 10.0 Å². The number of carbonyl (C=O) groups is 1. The van der Waals surface area contributed by atoms with E-state index in [1.807, 2.05) is 45.9 Å². The normalized spacial score (nSPS) is 16.7. The molecule has 1 fully saturated rings. The van der Waals surface area contributed by atoms with Gasteiger partial charge in [-0.15, -0.1) is 0 Å². The summed E-state index contributed by atoms with van der Waals surface area (Å²) in [6.45, 7) is 8.09. The zero-order valence-corrected chi connectivity index (χ0v) is 28.3. The standard InChI is InChI=1S/C36H49N2O5P/c1-35(2)25-27(26-36(3,4)38(35)40)37-34(39)20-9-8-10-21-44(31-17-11-14-28(22-31)41-5,32-18-12-15-29(23-32)42-6)33-19-13-16-30(24-33)43-7/h11-19,22-24,27,40H,8-10,20-21,25-26H2,1-7H3/p+1. The average Bonchev–Trinajstić information content (AvgIpc) is 3.01. The van der Waals surface area contributed by atoms with Crippen molar-refractivity contribution in [1.82, 2.24) is 10.4 Å². The number of ether oxygens (including phenoxy) is 3. The molecule has 4 rings (SSSR count). The lowest BCUT2D eigenvalue weighted by Crippen LogP contribution is -2.62. The molecule has 0 aromatic heterocycles. The van der Waals surface area contributed by atoms with E-state index in [4.69, 9.17) is 14.2 Å². The molecule has 7 nitrogen and oxygen atoms in total. The van der Waals surface area contributed by atoms with Gasteiger partial charge in [-0.05, 0) is 96.2 Å². The molecule has 0 unspecified atom stereocenters. The molecule has 1 aliphatic heterocycles. The first-order valence-electron chi connectivity index (χ1n) is 15.6. The largest absolute Gasteiger partial charge is 0.497 e. The monoisotopic (exact) mass is 621 g/mol. The molecule has 2 N–H and O–H groups in total. The fourth-order valence-electron chi connectivity index (χ4n) is 6.86. The SMILES string of the molecule is COc1cccc([P+](CCCCCC(=O)NC2CC(C)(C)N(O)C(C)(C)C2)(c2cccc(OC)c2)c2cccc(OC)c2)c1. The van der Waals surface area contributed by atoms with Gasteiger partial charge in [0.1, 0.15) is 40.4 Å². The van der Waals surface area contributed by atoms with Gasteiger partial charge in [0.05, 0.1) is 27.5 Å². The van der Waals surface area contributed by atoms with Gasteiger partial charge in [0.25, 0.3) is 0 Å². The molecule has 1 amide bonds. The maximum absolute atomic E-state index is 13.0. The Balaban J connectivity index is 1.55. The molecule has 0 aliphatic carbocycles. The lowest BCUT2D eigenvalue weighted by molar-refractivity contribution is -0.246. The van der Waals surface area contributed by atoms with E-state index in [1.54, 1.807) is 21.3 Å². The number of benzene rings is 3. The summed E-state index contributed by atoms with van der Waals surface area (Å²) in [6, 6.07) is 25.3. The van der Waals surface area contributed by atoms with Gasteiger partial charge in [-0.3, -0.25) is 4.79 Å². The molecular weight excluding hydrogens is 571 g/mol. The molecule has 1 saturated heterocycles. The number of nitrogens with zero attached hydrogens (tertiary/aromatic N) is 1. The molecule has 238 valence electrons. The van der Waals surface area contributed by atoms with Crippen LogP contribution in [0.2, 0.25) is 0 Å². The second kappa shape index (κ2) is 14.3. The molecule has 1 aliphatic rings. The molecule has 0 radical (unpaired) electrons. The fourth-order valence-corrected chi connectivity index (χ4v) is 11.3. The van der Waals surface area contributed by atoms with E-state index in [0.717, 1.165) is 42.7 Å². The van der Waals surface area contributed by atoms with Crippen molar-refractivity contribution in [2.75, 3.05) is 27.5 Å². The summed E-state index contributed by atoms with van der Waals surface area (Å²) in [5.41, 5.74) is -0.791. The highest BCUT2D eigenvalue weighted by Gasteiger charge is 2.46. The first-order chi connectivity index (χ1) is 20.9. The summed E-state index contributed by atoms with van der Waals surface area (Å²) >= 11 is 0. The van der Waals surface area contributed by atoms with E-state index in [2.05, 4.69) is 59.9 Å². The molecule has 8 heteroatoms. The zero-order valence-electron chi connectivity index (χ0n) is 27.4. The highest BCUT2D eigenvalue weighted by Crippen LogP contribution is 2.57. The number of hydrogen-bond acceptors (Lipinski definition) is 6. The molecule has 3 aromatic rings. The van der Waals surface area contributed by atoms with E-state index >= 15 is 0 Å².